The van der Waals surface area contributed by atoms with Gasteiger partial charge in [-0.2, -0.15) is 0 Å². The number of fused-ring (bicyclic) bond motifs is 1. The van der Waals surface area contributed by atoms with Gasteiger partial charge in [-0.05, 0) is 18.2 Å². The SMILES string of the molecule is c1ccc(-c2ncc([C@@H]3CCCO3)c3ccccc23)cc1. The molecule has 2 nitrogen and oxygen atoms in total. The van der Waals surface area contributed by atoms with Crippen LogP contribution in [0.25, 0.3) is 22.0 Å². The molecule has 0 bridgehead atoms. The van der Waals surface area contributed by atoms with Crippen molar-refractivity contribution in [3.8, 4) is 11.3 Å². The van der Waals surface area contributed by atoms with Crippen LogP contribution in [0.3, 0.4) is 0 Å². The van der Waals surface area contributed by atoms with Crippen molar-refractivity contribution in [1.29, 1.82) is 0 Å². The minimum absolute atomic E-state index is 0.201. The molecule has 0 radical (unpaired) electrons. The Balaban J connectivity index is 1.93. The fourth-order valence-corrected chi connectivity index (χ4v) is 3.12. The fourth-order valence-electron chi connectivity index (χ4n) is 3.12. The lowest BCUT2D eigenvalue weighted by Crippen LogP contribution is -1.99. The van der Waals surface area contributed by atoms with Crippen LogP contribution in [-0.4, -0.2) is 11.6 Å². The summed E-state index contributed by atoms with van der Waals surface area (Å²) in [6.45, 7) is 0.861. The molecular formula is C19H17NO. The Hall–Kier alpha value is -2.19. The Morgan fingerprint density at radius 2 is 1.67 bits per heavy atom. The number of pyridine rings is 1. The Labute approximate surface area is 124 Å². The second-order valence-electron chi connectivity index (χ2n) is 5.48. The highest BCUT2D eigenvalue weighted by molar-refractivity contribution is 5.96. The first kappa shape index (κ1) is 12.5. The van der Waals surface area contributed by atoms with Gasteiger partial charge in [-0.3, -0.25) is 4.98 Å². The van der Waals surface area contributed by atoms with E-state index in [0.29, 0.717) is 0 Å². The first-order valence-electron chi connectivity index (χ1n) is 7.48. The smallest absolute Gasteiger partial charge is 0.0846 e. The lowest BCUT2D eigenvalue weighted by atomic mass is 9.97. The summed E-state index contributed by atoms with van der Waals surface area (Å²) in [7, 11) is 0. The van der Waals surface area contributed by atoms with Gasteiger partial charge >= 0.3 is 0 Å². The lowest BCUT2D eigenvalue weighted by Gasteiger charge is -2.15. The number of aromatic nitrogens is 1. The van der Waals surface area contributed by atoms with Crippen LogP contribution in [0, 0.1) is 0 Å². The van der Waals surface area contributed by atoms with Crippen LogP contribution < -0.4 is 0 Å². The molecular weight excluding hydrogens is 258 g/mol. The van der Waals surface area contributed by atoms with Gasteiger partial charge in [-0.15, -0.1) is 0 Å². The van der Waals surface area contributed by atoms with E-state index in [2.05, 4.69) is 48.5 Å². The highest BCUT2D eigenvalue weighted by atomic mass is 16.5. The Bertz CT molecular complexity index is 761. The van der Waals surface area contributed by atoms with Gasteiger partial charge in [0.1, 0.15) is 0 Å². The number of hydrogen-bond acceptors (Lipinski definition) is 2. The minimum Gasteiger partial charge on any atom is -0.373 e. The largest absolute Gasteiger partial charge is 0.373 e. The van der Waals surface area contributed by atoms with Crippen LogP contribution in [0.2, 0.25) is 0 Å². The van der Waals surface area contributed by atoms with E-state index in [1.165, 1.54) is 16.3 Å². The third-order valence-electron chi connectivity index (χ3n) is 4.15. The molecule has 1 aliphatic rings. The molecule has 2 aromatic carbocycles. The second kappa shape index (κ2) is 5.30. The fraction of sp³-hybridized carbons (Fsp3) is 0.211. The van der Waals surface area contributed by atoms with Gasteiger partial charge in [0, 0.05) is 29.3 Å². The van der Waals surface area contributed by atoms with E-state index in [0.717, 1.165) is 30.7 Å². The monoisotopic (exact) mass is 275 g/mol. The first-order chi connectivity index (χ1) is 10.4. The van der Waals surface area contributed by atoms with Crippen molar-refractivity contribution in [2.45, 2.75) is 18.9 Å². The zero-order chi connectivity index (χ0) is 14.1. The van der Waals surface area contributed by atoms with Crippen molar-refractivity contribution < 1.29 is 4.74 Å². The molecule has 1 aliphatic heterocycles. The maximum atomic E-state index is 5.85. The zero-order valence-corrected chi connectivity index (χ0v) is 11.8. The average molecular weight is 275 g/mol. The van der Waals surface area contributed by atoms with E-state index < -0.39 is 0 Å². The van der Waals surface area contributed by atoms with Gasteiger partial charge in [0.05, 0.1) is 11.8 Å². The van der Waals surface area contributed by atoms with Crippen LogP contribution >= 0.6 is 0 Å². The lowest BCUT2D eigenvalue weighted by molar-refractivity contribution is 0.113. The molecule has 0 aliphatic carbocycles. The van der Waals surface area contributed by atoms with Crippen molar-refractivity contribution >= 4 is 10.8 Å². The number of rotatable bonds is 2. The van der Waals surface area contributed by atoms with Crippen LogP contribution in [-0.2, 0) is 4.74 Å². The molecule has 1 saturated heterocycles. The Morgan fingerprint density at radius 1 is 0.905 bits per heavy atom. The molecule has 104 valence electrons. The van der Waals surface area contributed by atoms with Crippen LogP contribution in [0.1, 0.15) is 24.5 Å². The van der Waals surface area contributed by atoms with E-state index in [-0.39, 0.29) is 6.10 Å². The third kappa shape index (κ3) is 2.22. The van der Waals surface area contributed by atoms with E-state index >= 15 is 0 Å². The molecule has 1 atom stereocenters. The third-order valence-corrected chi connectivity index (χ3v) is 4.15. The molecule has 0 unspecified atom stereocenters. The van der Waals surface area contributed by atoms with Gasteiger partial charge in [-0.1, -0.05) is 54.6 Å². The van der Waals surface area contributed by atoms with Gasteiger partial charge in [0.15, 0.2) is 0 Å². The zero-order valence-electron chi connectivity index (χ0n) is 11.8. The number of hydrogen-bond donors (Lipinski definition) is 0. The molecule has 3 aromatic rings. The number of benzene rings is 2. The molecule has 21 heavy (non-hydrogen) atoms. The Morgan fingerprint density at radius 3 is 2.43 bits per heavy atom. The summed E-state index contributed by atoms with van der Waals surface area (Å²) >= 11 is 0. The molecule has 2 heterocycles. The molecule has 1 fully saturated rings. The summed E-state index contributed by atoms with van der Waals surface area (Å²) in [5.41, 5.74) is 3.43. The minimum atomic E-state index is 0.201. The maximum absolute atomic E-state index is 5.85. The van der Waals surface area contributed by atoms with E-state index in [1.54, 1.807) is 0 Å². The summed E-state index contributed by atoms with van der Waals surface area (Å²) in [5.74, 6) is 0. The van der Waals surface area contributed by atoms with Gasteiger partial charge in [0.25, 0.3) is 0 Å². The molecule has 0 spiro atoms. The van der Waals surface area contributed by atoms with Gasteiger partial charge in [-0.25, -0.2) is 0 Å². The van der Waals surface area contributed by atoms with Crippen molar-refractivity contribution in [1.82, 2.24) is 4.98 Å². The van der Waals surface area contributed by atoms with Crippen molar-refractivity contribution in [3.05, 3.63) is 66.4 Å². The standard InChI is InChI=1S/C19H17NO/c1-2-7-14(8-3-1)19-16-10-5-4-9-15(16)17(13-20-19)18-11-6-12-21-18/h1-5,7-10,13,18H,6,11-12H2/t18-/m0/s1. The van der Waals surface area contributed by atoms with Crippen molar-refractivity contribution in [2.24, 2.45) is 0 Å². The van der Waals surface area contributed by atoms with Crippen LogP contribution in [0.4, 0.5) is 0 Å². The predicted molar refractivity (Wildman–Crippen MR) is 85.1 cm³/mol. The predicted octanol–water partition coefficient (Wildman–Crippen LogP) is 4.75. The topological polar surface area (TPSA) is 22.1 Å². The van der Waals surface area contributed by atoms with E-state index in [9.17, 15) is 0 Å². The quantitative estimate of drug-likeness (QED) is 0.673. The maximum Gasteiger partial charge on any atom is 0.0846 e. The molecule has 2 heteroatoms. The van der Waals surface area contributed by atoms with E-state index in [1.807, 2.05) is 12.3 Å². The van der Waals surface area contributed by atoms with Gasteiger partial charge < -0.3 is 4.74 Å². The average Bonchev–Trinajstić information content (AvgIpc) is 3.09. The highest BCUT2D eigenvalue weighted by Crippen LogP contribution is 2.36. The van der Waals surface area contributed by atoms with Crippen LogP contribution in [0.5, 0.6) is 0 Å². The summed E-state index contributed by atoms with van der Waals surface area (Å²) < 4.78 is 5.85. The highest BCUT2D eigenvalue weighted by Gasteiger charge is 2.21. The number of ether oxygens (including phenoxy) is 1. The molecule has 0 amide bonds. The molecule has 0 N–H and O–H groups in total. The van der Waals surface area contributed by atoms with E-state index in [4.69, 9.17) is 9.72 Å². The summed E-state index contributed by atoms with van der Waals surface area (Å²) in [5, 5.41) is 2.47. The van der Waals surface area contributed by atoms with Gasteiger partial charge in [0.2, 0.25) is 0 Å². The molecule has 4 rings (SSSR count). The number of nitrogens with zero attached hydrogens (tertiary/aromatic N) is 1. The second-order valence-corrected chi connectivity index (χ2v) is 5.48. The summed E-state index contributed by atoms with van der Waals surface area (Å²) in [4.78, 5) is 4.74. The summed E-state index contributed by atoms with van der Waals surface area (Å²) in [6, 6.07) is 18.9. The summed E-state index contributed by atoms with van der Waals surface area (Å²) in [6.07, 6.45) is 4.43. The van der Waals surface area contributed by atoms with Crippen molar-refractivity contribution in [3.63, 3.8) is 0 Å². The molecule has 1 aromatic heterocycles. The Kier molecular flexibility index (Phi) is 3.17. The first-order valence-corrected chi connectivity index (χ1v) is 7.48. The molecule has 0 saturated carbocycles. The van der Waals surface area contributed by atoms with Crippen molar-refractivity contribution in [2.75, 3.05) is 6.61 Å². The normalized spacial score (nSPS) is 18.2. The van der Waals surface area contributed by atoms with Crippen LogP contribution in [0.15, 0.2) is 60.8 Å².